The average molecular weight is 422 g/mol. The lowest BCUT2D eigenvalue weighted by Crippen LogP contribution is -2.26. The highest BCUT2D eigenvalue weighted by atomic mass is 32.1. The fraction of sp³-hybridized carbons (Fsp3) is 0.316. The second kappa shape index (κ2) is 7.96. The lowest BCUT2D eigenvalue weighted by Gasteiger charge is -2.17. The number of nitrogens with zero attached hydrogens (tertiary/aromatic N) is 3. The van der Waals surface area contributed by atoms with Gasteiger partial charge in [-0.15, -0.1) is 11.3 Å². The quantitative estimate of drug-likeness (QED) is 0.688. The summed E-state index contributed by atoms with van der Waals surface area (Å²) >= 11 is 1.60. The van der Waals surface area contributed by atoms with Gasteiger partial charge in [0.1, 0.15) is 10.8 Å². The summed E-state index contributed by atoms with van der Waals surface area (Å²) in [5.41, 5.74) is -0.0903. The Labute approximate surface area is 168 Å². The maximum atomic E-state index is 12.8. The van der Waals surface area contributed by atoms with Crippen LogP contribution in [0.3, 0.4) is 0 Å². The van der Waals surface area contributed by atoms with Crippen LogP contribution >= 0.6 is 11.3 Å². The summed E-state index contributed by atoms with van der Waals surface area (Å²) in [4.78, 5) is 23.2. The van der Waals surface area contributed by atoms with Gasteiger partial charge in [-0.3, -0.25) is 9.69 Å². The number of fused-ring (bicyclic) bond motifs is 1. The number of alkyl halides is 3. The minimum absolute atomic E-state index is 0.0350. The second-order valence-corrected chi connectivity index (χ2v) is 7.60. The van der Waals surface area contributed by atoms with Gasteiger partial charge in [0.25, 0.3) is 5.89 Å². The minimum Gasteiger partial charge on any atom is -0.437 e. The molecule has 0 aliphatic carbocycles. The minimum atomic E-state index is -4.48. The number of thiazole rings is 1. The molecule has 0 saturated carbocycles. The van der Waals surface area contributed by atoms with Crippen LogP contribution in [-0.2, 0) is 25.6 Å². The largest absolute Gasteiger partial charge is 0.437 e. The number of carbonyl (C=O) groups is 1. The van der Waals surface area contributed by atoms with Gasteiger partial charge >= 0.3 is 12.1 Å². The molecule has 3 heterocycles. The molecule has 6 nitrogen and oxygen atoms in total. The Hall–Kier alpha value is -2.72. The molecule has 4 rings (SSSR count). The van der Waals surface area contributed by atoms with E-state index in [0.717, 1.165) is 36.8 Å². The molecule has 1 amide bonds. The Balaban J connectivity index is 1.41. The van der Waals surface area contributed by atoms with Crippen molar-refractivity contribution < 1.29 is 22.4 Å². The molecule has 29 heavy (non-hydrogen) atoms. The molecular weight excluding hydrogens is 405 g/mol. The maximum Gasteiger partial charge on any atom is 0.416 e. The van der Waals surface area contributed by atoms with Crippen LogP contribution in [0, 0.1) is 0 Å². The summed E-state index contributed by atoms with van der Waals surface area (Å²) in [6.07, 6.45) is -1.48. The molecule has 1 N–H and O–H groups in total. The van der Waals surface area contributed by atoms with Crippen LogP contribution < -0.4 is 5.32 Å². The molecule has 0 radical (unpaired) electrons. The fourth-order valence-corrected chi connectivity index (χ4v) is 3.80. The third-order valence-electron chi connectivity index (χ3n) is 4.58. The van der Waals surface area contributed by atoms with Gasteiger partial charge < -0.3 is 9.73 Å². The van der Waals surface area contributed by atoms with Gasteiger partial charge in [0.05, 0.1) is 17.8 Å². The number of rotatable bonds is 4. The monoisotopic (exact) mass is 422 g/mol. The van der Waals surface area contributed by atoms with E-state index >= 15 is 0 Å². The first kappa shape index (κ1) is 19.6. The normalized spacial score (nSPS) is 15.0. The van der Waals surface area contributed by atoms with E-state index in [2.05, 4.69) is 20.2 Å². The van der Waals surface area contributed by atoms with Gasteiger partial charge in [-0.1, -0.05) is 6.07 Å². The van der Waals surface area contributed by atoms with Crippen molar-refractivity contribution in [1.82, 2.24) is 14.9 Å². The molecular formula is C19H17F3N4O2S. The number of carbonyl (C=O) groups excluding carboxylic acids is 1. The molecule has 2 aromatic heterocycles. The summed E-state index contributed by atoms with van der Waals surface area (Å²) in [5.74, 6) is -0.168. The topological polar surface area (TPSA) is 71.3 Å². The van der Waals surface area contributed by atoms with Crippen molar-refractivity contribution in [2.45, 2.75) is 25.6 Å². The van der Waals surface area contributed by atoms with Crippen molar-refractivity contribution in [3.8, 4) is 0 Å². The molecule has 0 spiro atoms. The number of hydrogen-bond donors (Lipinski definition) is 1. The lowest BCUT2D eigenvalue weighted by atomic mass is 10.2. The van der Waals surface area contributed by atoms with Gasteiger partial charge in [-0.05, 0) is 18.2 Å². The van der Waals surface area contributed by atoms with Gasteiger partial charge in [0.2, 0.25) is 0 Å². The highest BCUT2D eigenvalue weighted by Crippen LogP contribution is 2.30. The maximum absolute atomic E-state index is 12.8. The fourth-order valence-electron chi connectivity index (χ4n) is 3.14. The van der Waals surface area contributed by atoms with Crippen LogP contribution in [0.5, 0.6) is 0 Å². The van der Waals surface area contributed by atoms with Crippen LogP contribution in [0.4, 0.5) is 18.9 Å². The highest BCUT2D eigenvalue weighted by Gasteiger charge is 2.30. The number of hydrogen-bond acceptors (Lipinski definition) is 6. The third kappa shape index (κ3) is 4.65. The van der Waals surface area contributed by atoms with Crippen LogP contribution in [-0.4, -0.2) is 33.9 Å². The van der Waals surface area contributed by atoms with Crippen LogP contribution in [0.25, 0.3) is 0 Å². The highest BCUT2D eigenvalue weighted by molar-refractivity contribution is 7.09. The van der Waals surface area contributed by atoms with E-state index in [1.54, 1.807) is 17.5 Å². The van der Waals surface area contributed by atoms with E-state index in [9.17, 15) is 18.0 Å². The summed E-state index contributed by atoms with van der Waals surface area (Å²) < 4.78 is 44.1. The van der Waals surface area contributed by atoms with E-state index in [1.165, 1.54) is 12.1 Å². The van der Waals surface area contributed by atoms with E-state index in [0.29, 0.717) is 24.3 Å². The van der Waals surface area contributed by atoms with E-state index in [4.69, 9.17) is 4.42 Å². The summed E-state index contributed by atoms with van der Waals surface area (Å²) in [6.45, 7) is 2.26. The van der Waals surface area contributed by atoms with Crippen molar-refractivity contribution in [1.29, 1.82) is 0 Å². The van der Waals surface area contributed by atoms with Crippen molar-refractivity contribution in [3.63, 3.8) is 0 Å². The molecule has 1 aliphatic rings. The average Bonchev–Trinajstić information content (AvgIpc) is 3.29. The first-order chi connectivity index (χ1) is 13.9. The number of halogens is 3. The van der Waals surface area contributed by atoms with E-state index in [-0.39, 0.29) is 11.6 Å². The van der Waals surface area contributed by atoms with E-state index in [1.807, 2.05) is 5.38 Å². The lowest BCUT2D eigenvalue weighted by molar-refractivity contribution is -0.137. The first-order valence-corrected chi connectivity index (χ1v) is 9.84. The predicted octanol–water partition coefficient (Wildman–Crippen LogP) is 4.00. The van der Waals surface area contributed by atoms with Gasteiger partial charge in [-0.2, -0.15) is 13.2 Å². The van der Waals surface area contributed by atoms with Gasteiger partial charge in [-0.25, -0.2) is 9.97 Å². The standard InChI is InChI=1S/C19H17F3N4O2S/c20-19(21,22)12-2-1-3-13(10-12)24-17(27)18-25-14-4-7-26(8-5-15(14)28-18)11-16-23-6-9-29-16/h1-3,6,9-10H,4-5,7-8,11H2,(H,24,27). The van der Waals surface area contributed by atoms with Crippen molar-refractivity contribution in [2.75, 3.05) is 18.4 Å². The number of anilines is 1. The predicted molar refractivity (Wildman–Crippen MR) is 101 cm³/mol. The number of aromatic nitrogens is 2. The molecule has 1 aromatic carbocycles. The summed E-state index contributed by atoms with van der Waals surface area (Å²) in [6, 6.07) is 4.44. The van der Waals surface area contributed by atoms with E-state index < -0.39 is 17.6 Å². The molecule has 10 heteroatoms. The molecule has 0 unspecified atom stereocenters. The number of nitrogens with one attached hydrogen (secondary N) is 1. The SMILES string of the molecule is O=C(Nc1cccc(C(F)(F)F)c1)c1nc2c(o1)CCN(Cc1nccs1)CC2. The summed E-state index contributed by atoms with van der Waals surface area (Å²) in [5, 5.41) is 5.40. The Kier molecular flexibility index (Phi) is 5.37. The van der Waals surface area contributed by atoms with Crippen LogP contribution in [0.2, 0.25) is 0 Å². The molecule has 3 aromatic rings. The van der Waals surface area contributed by atoms with Crippen molar-refractivity contribution in [2.24, 2.45) is 0 Å². The third-order valence-corrected chi connectivity index (χ3v) is 5.35. The molecule has 0 fully saturated rings. The van der Waals surface area contributed by atoms with Crippen molar-refractivity contribution in [3.05, 3.63) is 63.8 Å². The molecule has 0 atom stereocenters. The number of oxazole rings is 1. The number of benzene rings is 1. The smallest absolute Gasteiger partial charge is 0.416 e. The van der Waals surface area contributed by atoms with Gasteiger partial charge in [0, 0.05) is 43.2 Å². The zero-order chi connectivity index (χ0) is 20.4. The molecule has 152 valence electrons. The first-order valence-electron chi connectivity index (χ1n) is 8.96. The molecule has 0 saturated heterocycles. The Bertz CT molecular complexity index is 976. The molecule has 1 aliphatic heterocycles. The number of amides is 1. The Morgan fingerprint density at radius 3 is 2.86 bits per heavy atom. The Morgan fingerprint density at radius 2 is 2.10 bits per heavy atom. The zero-order valence-electron chi connectivity index (χ0n) is 15.2. The Morgan fingerprint density at radius 1 is 1.28 bits per heavy atom. The van der Waals surface area contributed by atoms with Gasteiger partial charge in [0.15, 0.2) is 0 Å². The second-order valence-electron chi connectivity index (χ2n) is 6.62. The zero-order valence-corrected chi connectivity index (χ0v) is 16.0. The van der Waals surface area contributed by atoms with Crippen LogP contribution in [0.1, 0.15) is 32.7 Å². The summed E-state index contributed by atoms with van der Waals surface area (Å²) in [7, 11) is 0. The van der Waals surface area contributed by atoms with Crippen molar-refractivity contribution >= 4 is 22.9 Å². The van der Waals surface area contributed by atoms with Crippen LogP contribution in [0.15, 0.2) is 40.3 Å². The molecule has 0 bridgehead atoms.